The van der Waals surface area contributed by atoms with Crippen molar-refractivity contribution in [2.75, 3.05) is 11.8 Å². The van der Waals surface area contributed by atoms with Crippen molar-refractivity contribution in [3.05, 3.63) is 89.7 Å². The third kappa shape index (κ3) is 5.11. The van der Waals surface area contributed by atoms with E-state index in [2.05, 4.69) is 10.0 Å². The van der Waals surface area contributed by atoms with Gasteiger partial charge in [0.1, 0.15) is 11.6 Å². The monoisotopic (exact) mass is 414 g/mol. The van der Waals surface area contributed by atoms with Crippen LogP contribution >= 0.6 is 0 Å². The lowest BCUT2D eigenvalue weighted by Crippen LogP contribution is -2.23. The lowest BCUT2D eigenvalue weighted by molar-refractivity contribution is 0.0950. The smallest absolute Gasteiger partial charge is 0.261 e. The van der Waals surface area contributed by atoms with Gasteiger partial charge in [0, 0.05) is 23.4 Å². The number of nitrogens with one attached hydrogen (secondary N) is 2. The van der Waals surface area contributed by atoms with Crippen LogP contribution in [0.3, 0.4) is 0 Å². The van der Waals surface area contributed by atoms with Gasteiger partial charge in [0.25, 0.3) is 15.9 Å². The molecule has 3 rings (SSSR count). The molecule has 0 bridgehead atoms. The molecule has 0 unspecified atom stereocenters. The van der Waals surface area contributed by atoms with Gasteiger partial charge in [0.15, 0.2) is 0 Å². The maximum atomic E-state index is 13.7. The Morgan fingerprint density at radius 2 is 1.72 bits per heavy atom. The first-order chi connectivity index (χ1) is 13.9. The maximum absolute atomic E-state index is 13.7. The molecule has 2 N–H and O–H groups in total. The number of anilines is 1. The predicted molar refractivity (Wildman–Crippen MR) is 108 cm³/mol. The van der Waals surface area contributed by atoms with E-state index < -0.39 is 21.7 Å². The number of rotatable bonds is 7. The van der Waals surface area contributed by atoms with Crippen LogP contribution in [-0.4, -0.2) is 21.4 Å². The van der Waals surface area contributed by atoms with Crippen molar-refractivity contribution in [2.24, 2.45) is 0 Å². The molecule has 6 nitrogen and oxygen atoms in total. The average Bonchev–Trinajstić information content (AvgIpc) is 2.73. The Labute approximate surface area is 168 Å². The normalized spacial score (nSPS) is 11.0. The first kappa shape index (κ1) is 20.3. The van der Waals surface area contributed by atoms with E-state index in [-0.39, 0.29) is 22.7 Å². The molecule has 29 heavy (non-hydrogen) atoms. The van der Waals surface area contributed by atoms with E-state index in [1.165, 1.54) is 37.4 Å². The average molecular weight is 414 g/mol. The highest BCUT2D eigenvalue weighted by molar-refractivity contribution is 7.92. The summed E-state index contributed by atoms with van der Waals surface area (Å²) in [7, 11) is -2.34. The van der Waals surface area contributed by atoms with E-state index >= 15 is 0 Å². The largest absolute Gasteiger partial charge is 0.497 e. The molecule has 0 radical (unpaired) electrons. The second-order valence-corrected chi connectivity index (χ2v) is 7.82. The molecule has 0 aliphatic carbocycles. The number of hydrogen-bond donors (Lipinski definition) is 2. The molecule has 0 fully saturated rings. The number of carbonyl (C=O) groups excluding carboxylic acids is 1. The summed E-state index contributed by atoms with van der Waals surface area (Å²) in [6, 6.07) is 18.1. The zero-order chi connectivity index (χ0) is 20.9. The van der Waals surface area contributed by atoms with Gasteiger partial charge in [0.05, 0.1) is 12.0 Å². The summed E-state index contributed by atoms with van der Waals surface area (Å²) in [4.78, 5) is 12.4. The van der Waals surface area contributed by atoms with Crippen LogP contribution < -0.4 is 14.8 Å². The van der Waals surface area contributed by atoms with Crippen LogP contribution in [0, 0.1) is 5.82 Å². The summed E-state index contributed by atoms with van der Waals surface area (Å²) < 4.78 is 46.2. The first-order valence-electron chi connectivity index (χ1n) is 8.67. The minimum atomic E-state index is -3.83. The molecular weight excluding hydrogens is 395 g/mol. The van der Waals surface area contributed by atoms with Gasteiger partial charge in [-0.05, 0) is 48.5 Å². The molecule has 0 aliphatic rings. The van der Waals surface area contributed by atoms with Crippen molar-refractivity contribution in [2.45, 2.75) is 11.4 Å². The summed E-state index contributed by atoms with van der Waals surface area (Å²) >= 11 is 0. The first-order valence-corrected chi connectivity index (χ1v) is 10.2. The van der Waals surface area contributed by atoms with Gasteiger partial charge in [-0.2, -0.15) is 0 Å². The van der Waals surface area contributed by atoms with Gasteiger partial charge in [-0.25, -0.2) is 12.8 Å². The SMILES string of the molecule is COc1ccc(S(=O)(=O)Nc2cccc(C(=O)NCc3ccccc3F)c2)cc1. The van der Waals surface area contributed by atoms with Gasteiger partial charge in [0.2, 0.25) is 0 Å². The lowest BCUT2D eigenvalue weighted by atomic mass is 10.1. The van der Waals surface area contributed by atoms with Gasteiger partial charge in [-0.15, -0.1) is 0 Å². The molecule has 0 saturated heterocycles. The molecule has 0 aromatic heterocycles. The highest BCUT2D eigenvalue weighted by Crippen LogP contribution is 2.20. The predicted octanol–water partition coefficient (Wildman–Crippen LogP) is 3.57. The van der Waals surface area contributed by atoms with Crippen molar-refractivity contribution >= 4 is 21.6 Å². The number of hydrogen-bond acceptors (Lipinski definition) is 4. The molecule has 8 heteroatoms. The van der Waals surface area contributed by atoms with Crippen molar-refractivity contribution in [3.8, 4) is 5.75 Å². The molecule has 1 amide bonds. The topological polar surface area (TPSA) is 84.5 Å². The van der Waals surface area contributed by atoms with Crippen LogP contribution in [0.2, 0.25) is 0 Å². The number of halogens is 1. The summed E-state index contributed by atoms with van der Waals surface area (Å²) in [5.74, 6) is -0.315. The van der Waals surface area contributed by atoms with Crippen molar-refractivity contribution in [3.63, 3.8) is 0 Å². The highest BCUT2D eigenvalue weighted by atomic mass is 32.2. The lowest BCUT2D eigenvalue weighted by Gasteiger charge is -2.11. The molecular formula is C21H19FN2O4S. The van der Waals surface area contributed by atoms with E-state index in [4.69, 9.17) is 4.74 Å². The van der Waals surface area contributed by atoms with Gasteiger partial charge >= 0.3 is 0 Å². The number of carbonyl (C=O) groups is 1. The van der Waals surface area contributed by atoms with Crippen LogP contribution in [0.25, 0.3) is 0 Å². The standard InChI is InChI=1S/C21H19FN2O4S/c1-28-18-9-11-19(12-10-18)29(26,27)24-17-7-4-6-15(13-17)21(25)23-14-16-5-2-3-8-20(16)22/h2-13,24H,14H2,1H3,(H,23,25). The number of methoxy groups -OCH3 is 1. The van der Waals surface area contributed by atoms with Crippen molar-refractivity contribution in [1.29, 1.82) is 0 Å². The molecule has 3 aromatic rings. The summed E-state index contributed by atoms with van der Waals surface area (Å²) in [5, 5.41) is 2.62. The third-order valence-corrected chi connectivity index (χ3v) is 5.54. The molecule has 0 atom stereocenters. The third-order valence-electron chi connectivity index (χ3n) is 4.14. The number of benzene rings is 3. The second-order valence-electron chi connectivity index (χ2n) is 6.14. The Balaban J connectivity index is 1.71. The van der Waals surface area contributed by atoms with Gasteiger partial charge in [-0.3, -0.25) is 9.52 Å². The Hall–Kier alpha value is -3.39. The Kier molecular flexibility index (Phi) is 6.13. The quantitative estimate of drug-likeness (QED) is 0.619. The van der Waals surface area contributed by atoms with Gasteiger partial charge in [-0.1, -0.05) is 24.3 Å². The van der Waals surface area contributed by atoms with Crippen LogP contribution in [0.4, 0.5) is 10.1 Å². The van der Waals surface area contributed by atoms with Crippen molar-refractivity contribution in [1.82, 2.24) is 5.32 Å². The minimum Gasteiger partial charge on any atom is -0.497 e. The molecule has 0 heterocycles. The molecule has 3 aromatic carbocycles. The van der Waals surface area contributed by atoms with Crippen LogP contribution in [0.1, 0.15) is 15.9 Å². The Morgan fingerprint density at radius 1 is 1.00 bits per heavy atom. The fraction of sp³-hybridized carbons (Fsp3) is 0.0952. The maximum Gasteiger partial charge on any atom is 0.261 e. The second kappa shape index (κ2) is 8.74. The van der Waals surface area contributed by atoms with E-state index in [1.54, 1.807) is 42.5 Å². The van der Waals surface area contributed by atoms with Gasteiger partial charge < -0.3 is 10.1 Å². The zero-order valence-electron chi connectivity index (χ0n) is 15.6. The molecule has 0 spiro atoms. The van der Waals surface area contributed by atoms with Crippen molar-refractivity contribution < 1.29 is 22.3 Å². The number of amides is 1. The number of ether oxygens (including phenoxy) is 1. The van der Waals surface area contributed by atoms with E-state index in [0.29, 0.717) is 11.3 Å². The summed E-state index contributed by atoms with van der Waals surface area (Å²) in [5.41, 5.74) is 0.841. The van der Waals surface area contributed by atoms with E-state index in [0.717, 1.165) is 0 Å². The number of sulfonamides is 1. The summed E-state index contributed by atoms with van der Waals surface area (Å²) in [6.07, 6.45) is 0. The summed E-state index contributed by atoms with van der Waals surface area (Å²) in [6.45, 7) is 0.0211. The zero-order valence-corrected chi connectivity index (χ0v) is 16.4. The minimum absolute atomic E-state index is 0.0211. The molecule has 0 saturated carbocycles. The van der Waals surface area contributed by atoms with E-state index in [1.807, 2.05) is 0 Å². The van der Waals surface area contributed by atoms with E-state index in [9.17, 15) is 17.6 Å². The fourth-order valence-corrected chi connectivity index (χ4v) is 3.66. The molecule has 150 valence electrons. The van der Waals surface area contributed by atoms with Crippen LogP contribution in [0.15, 0.2) is 77.7 Å². The Morgan fingerprint density at radius 3 is 2.41 bits per heavy atom. The Bertz CT molecular complexity index is 1120. The van der Waals surface area contributed by atoms with Crippen LogP contribution in [0.5, 0.6) is 5.75 Å². The van der Waals surface area contributed by atoms with Crippen LogP contribution in [-0.2, 0) is 16.6 Å². The fourth-order valence-electron chi connectivity index (χ4n) is 2.61. The highest BCUT2D eigenvalue weighted by Gasteiger charge is 2.15. The molecule has 0 aliphatic heterocycles.